The van der Waals surface area contributed by atoms with Gasteiger partial charge in [0.1, 0.15) is 6.10 Å². The number of aliphatic hydroxyl groups excluding tert-OH is 1. The van der Waals surface area contributed by atoms with E-state index in [0.29, 0.717) is 30.7 Å². The van der Waals surface area contributed by atoms with Crippen molar-refractivity contribution < 1.29 is 9.84 Å². The van der Waals surface area contributed by atoms with E-state index < -0.39 is 6.10 Å². The number of ether oxygens (including phenoxy) is 1. The highest BCUT2D eigenvalue weighted by atomic mass is 35.5. The molecule has 5 nitrogen and oxygen atoms in total. The Balaban J connectivity index is 2.11. The van der Waals surface area contributed by atoms with E-state index in [4.69, 9.17) is 16.3 Å². The van der Waals surface area contributed by atoms with Crippen LogP contribution in [0.2, 0.25) is 5.15 Å². The van der Waals surface area contributed by atoms with Gasteiger partial charge in [0, 0.05) is 32.1 Å². The van der Waals surface area contributed by atoms with Crippen LogP contribution in [0.4, 0.5) is 5.82 Å². The van der Waals surface area contributed by atoms with Crippen LogP contribution in [-0.2, 0) is 4.74 Å². The molecule has 1 N–H and O–H groups in total. The van der Waals surface area contributed by atoms with Crippen molar-refractivity contribution in [3.05, 3.63) is 17.5 Å². The maximum Gasteiger partial charge on any atom is 0.171 e. The Morgan fingerprint density at radius 1 is 1.50 bits per heavy atom. The molecule has 6 heteroatoms. The molecule has 0 spiro atoms. The molecule has 1 fully saturated rings. The van der Waals surface area contributed by atoms with Crippen molar-refractivity contribution >= 4 is 17.4 Å². The van der Waals surface area contributed by atoms with E-state index in [2.05, 4.69) is 9.97 Å². The first kappa shape index (κ1) is 11.6. The molecule has 1 saturated heterocycles. The zero-order valence-electron chi connectivity index (χ0n) is 9.01. The fourth-order valence-corrected chi connectivity index (χ4v) is 2.06. The lowest BCUT2D eigenvalue weighted by atomic mass is 10.3. The third-order valence-electron chi connectivity index (χ3n) is 2.55. The first-order chi connectivity index (χ1) is 7.72. The summed E-state index contributed by atoms with van der Waals surface area (Å²) < 4.78 is 5.42. The molecule has 2 heterocycles. The Bertz CT molecular complexity index is 364. The van der Waals surface area contributed by atoms with E-state index >= 15 is 0 Å². The fraction of sp³-hybridized carbons (Fsp3) is 0.600. The summed E-state index contributed by atoms with van der Waals surface area (Å²) in [4.78, 5) is 10.0. The Labute approximate surface area is 99.0 Å². The van der Waals surface area contributed by atoms with Gasteiger partial charge in [-0.3, -0.25) is 0 Å². The van der Waals surface area contributed by atoms with Crippen LogP contribution in [0.1, 0.15) is 6.92 Å². The SMILES string of the molecule is CCO[C@H]1CN(c2nccnc2Cl)C[C@@H]1O. The van der Waals surface area contributed by atoms with Crippen LogP contribution in [0, 0.1) is 0 Å². The molecule has 1 aliphatic rings. The molecule has 0 amide bonds. The van der Waals surface area contributed by atoms with Crippen LogP contribution in [0.3, 0.4) is 0 Å². The van der Waals surface area contributed by atoms with E-state index in [-0.39, 0.29) is 6.10 Å². The Hall–Kier alpha value is -0.910. The molecule has 0 saturated carbocycles. The van der Waals surface area contributed by atoms with Gasteiger partial charge in [0.15, 0.2) is 11.0 Å². The first-order valence-corrected chi connectivity index (χ1v) is 5.61. The molecule has 2 rings (SSSR count). The predicted molar refractivity (Wildman–Crippen MR) is 60.7 cm³/mol. The molecule has 0 bridgehead atoms. The maximum absolute atomic E-state index is 9.78. The molecule has 0 radical (unpaired) electrons. The van der Waals surface area contributed by atoms with Gasteiger partial charge in [-0.15, -0.1) is 0 Å². The van der Waals surface area contributed by atoms with Gasteiger partial charge in [0.2, 0.25) is 0 Å². The quantitative estimate of drug-likeness (QED) is 0.848. The molecule has 88 valence electrons. The van der Waals surface area contributed by atoms with E-state index in [9.17, 15) is 5.11 Å². The molecule has 2 atom stereocenters. The molecular formula is C10H14ClN3O2. The van der Waals surface area contributed by atoms with Crippen molar-refractivity contribution in [2.45, 2.75) is 19.1 Å². The highest BCUT2D eigenvalue weighted by Crippen LogP contribution is 2.25. The Morgan fingerprint density at radius 2 is 2.25 bits per heavy atom. The lowest BCUT2D eigenvalue weighted by molar-refractivity contribution is -0.00189. The van der Waals surface area contributed by atoms with Crippen molar-refractivity contribution in [3.63, 3.8) is 0 Å². The summed E-state index contributed by atoms with van der Waals surface area (Å²) in [5.41, 5.74) is 0. The molecule has 1 aromatic rings. The van der Waals surface area contributed by atoms with Crippen LogP contribution in [0.5, 0.6) is 0 Å². The summed E-state index contributed by atoms with van der Waals surface area (Å²) in [7, 11) is 0. The molecule has 16 heavy (non-hydrogen) atoms. The molecule has 0 unspecified atom stereocenters. The van der Waals surface area contributed by atoms with Gasteiger partial charge < -0.3 is 14.7 Å². The number of nitrogens with zero attached hydrogens (tertiary/aromatic N) is 3. The number of aliphatic hydroxyl groups is 1. The number of rotatable bonds is 3. The number of aromatic nitrogens is 2. The topological polar surface area (TPSA) is 58.5 Å². The van der Waals surface area contributed by atoms with Crippen molar-refractivity contribution in [2.24, 2.45) is 0 Å². The lowest BCUT2D eigenvalue weighted by Gasteiger charge is -2.17. The van der Waals surface area contributed by atoms with Crippen LogP contribution < -0.4 is 4.90 Å². The number of hydrogen-bond acceptors (Lipinski definition) is 5. The molecule has 0 aromatic carbocycles. The number of β-amino-alcohol motifs (C(OH)–C–C–N with tert-alkyl or cyclic N) is 1. The van der Waals surface area contributed by atoms with Crippen molar-refractivity contribution in [1.29, 1.82) is 0 Å². The smallest absolute Gasteiger partial charge is 0.171 e. The summed E-state index contributed by atoms with van der Waals surface area (Å²) in [6.07, 6.45) is 2.45. The second-order valence-corrected chi connectivity index (χ2v) is 3.99. The third-order valence-corrected chi connectivity index (χ3v) is 2.82. The van der Waals surface area contributed by atoms with E-state index in [1.165, 1.54) is 0 Å². The summed E-state index contributed by atoms with van der Waals surface area (Å²) in [6.45, 7) is 3.56. The van der Waals surface area contributed by atoms with Gasteiger partial charge in [-0.2, -0.15) is 0 Å². The van der Waals surface area contributed by atoms with Crippen LogP contribution in [0.15, 0.2) is 12.4 Å². The lowest BCUT2D eigenvalue weighted by Crippen LogP contribution is -2.26. The van der Waals surface area contributed by atoms with Crippen molar-refractivity contribution in [3.8, 4) is 0 Å². The van der Waals surface area contributed by atoms with E-state index in [1.54, 1.807) is 12.4 Å². The third kappa shape index (κ3) is 2.26. The highest BCUT2D eigenvalue weighted by molar-refractivity contribution is 6.31. The van der Waals surface area contributed by atoms with Gasteiger partial charge in [0.25, 0.3) is 0 Å². The summed E-state index contributed by atoms with van der Waals surface area (Å²) in [5.74, 6) is 0.602. The largest absolute Gasteiger partial charge is 0.388 e. The Kier molecular flexibility index (Phi) is 3.58. The number of hydrogen-bond donors (Lipinski definition) is 1. The standard InChI is InChI=1S/C10H14ClN3O2/c1-2-16-8-6-14(5-7(8)15)10-9(11)12-3-4-13-10/h3-4,7-8,15H,2,5-6H2,1H3/t7-,8-/m0/s1. The highest BCUT2D eigenvalue weighted by Gasteiger charge is 2.33. The summed E-state index contributed by atoms with van der Waals surface area (Å²) in [6, 6.07) is 0. The summed E-state index contributed by atoms with van der Waals surface area (Å²) in [5, 5.41) is 10.1. The minimum absolute atomic E-state index is 0.178. The fourth-order valence-electron chi connectivity index (χ4n) is 1.83. The van der Waals surface area contributed by atoms with Gasteiger partial charge in [0.05, 0.1) is 6.10 Å². The normalized spacial score (nSPS) is 25.1. The average Bonchev–Trinajstić information content (AvgIpc) is 2.61. The number of halogens is 1. The molecule has 1 aliphatic heterocycles. The molecular weight excluding hydrogens is 230 g/mol. The average molecular weight is 244 g/mol. The van der Waals surface area contributed by atoms with Gasteiger partial charge in [-0.25, -0.2) is 9.97 Å². The zero-order chi connectivity index (χ0) is 11.5. The summed E-state index contributed by atoms with van der Waals surface area (Å²) >= 11 is 5.94. The monoisotopic (exact) mass is 243 g/mol. The number of anilines is 1. The van der Waals surface area contributed by atoms with Gasteiger partial charge >= 0.3 is 0 Å². The predicted octanol–water partition coefficient (Wildman–Crippen LogP) is 0.716. The molecule has 1 aromatic heterocycles. The maximum atomic E-state index is 9.78. The van der Waals surface area contributed by atoms with Gasteiger partial charge in [-0.1, -0.05) is 11.6 Å². The molecule has 0 aliphatic carbocycles. The first-order valence-electron chi connectivity index (χ1n) is 5.23. The van der Waals surface area contributed by atoms with Gasteiger partial charge in [-0.05, 0) is 6.92 Å². The van der Waals surface area contributed by atoms with Crippen LogP contribution in [-0.4, -0.2) is 47.0 Å². The van der Waals surface area contributed by atoms with Crippen LogP contribution in [0.25, 0.3) is 0 Å². The van der Waals surface area contributed by atoms with Crippen molar-refractivity contribution in [2.75, 3.05) is 24.6 Å². The zero-order valence-corrected chi connectivity index (χ0v) is 9.76. The Morgan fingerprint density at radius 3 is 2.94 bits per heavy atom. The minimum atomic E-state index is -0.502. The van der Waals surface area contributed by atoms with E-state index in [0.717, 1.165) is 0 Å². The van der Waals surface area contributed by atoms with Crippen molar-refractivity contribution in [1.82, 2.24) is 9.97 Å². The second kappa shape index (κ2) is 4.95. The van der Waals surface area contributed by atoms with E-state index in [1.807, 2.05) is 11.8 Å². The van der Waals surface area contributed by atoms with Crippen LogP contribution >= 0.6 is 11.6 Å². The second-order valence-electron chi connectivity index (χ2n) is 3.64. The minimum Gasteiger partial charge on any atom is -0.388 e.